The smallest absolute Gasteiger partial charge is 0.211 e. The number of nitrogens with zero attached hydrogens (tertiary/aromatic N) is 2. The molecule has 2 unspecified atom stereocenters. The minimum absolute atomic E-state index is 0. The van der Waals surface area contributed by atoms with Gasteiger partial charge >= 0.3 is 0 Å². The third-order valence-electron chi connectivity index (χ3n) is 4.74. The van der Waals surface area contributed by atoms with E-state index in [1.807, 2.05) is 30.3 Å². The maximum atomic E-state index is 11.6. The van der Waals surface area contributed by atoms with Crippen LogP contribution in [0.1, 0.15) is 17.4 Å². The fourth-order valence-corrected chi connectivity index (χ4v) is 5.16. The summed E-state index contributed by atoms with van der Waals surface area (Å²) in [5, 5.41) is 18.0. The highest BCUT2D eigenvalue weighted by Crippen LogP contribution is 2.29. The summed E-state index contributed by atoms with van der Waals surface area (Å²) < 4.78 is 25.9. The molecule has 2 aromatic rings. The minimum atomic E-state index is -3.12. The highest BCUT2D eigenvalue weighted by atomic mass is 127. The average Bonchev–Trinajstić information content (AvgIpc) is 3.28. The summed E-state index contributed by atoms with van der Waals surface area (Å²) in [4.78, 5) is 5.10. The fraction of sp³-hybridized carbons (Fsp3) is 0.500. The van der Waals surface area contributed by atoms with E-state index >= 15 is 0 Å². The van der Waals surface area contributed by atoms with E-state index in [0.717, 1.165) is 21.4 Å². The molecule has 3 N–H and O–H groups in total. The van der Waals surface area contributed by atoms with Crippen LogP contribution in [0.2, 0.25) is 0 Å². The van der Waals surface area contributed by atoms with Crippen molar-refractivity contribution in [1.29, 1.82) is 0 Å². The van der Waals surface area contributed by atoms with Gasteiger partial charge in [-0.2, -0.15) is 0 Å². The van der Waals surface area contributed by atoms with E-state index < -0.39 is 16.1 Å². The van der Waals surface area contributed by atoms with Crippen molar-refractivity contribution in [1.82, 2.24) is 14.9 Å². The number of hydrogen-bond donors (Lipinski definition) is 3. The lowest BCUT2D eigenvalue weighted by molar-refractivity contribution is 0.184. The second kappa shape index (κ2) is 10.2. The summed E-state index contributed by atoms with van der Waals surface area (Å²) >= 11 is 1.59. The third-order valence-corrected chi connectivity index (χ3v) is 7.22. The number of guanidine groups is 1. The number of hydrogen-bond acceptors (Lipinski definition) is 5. The summed E-state index contributed by atoms with van der Waals surface area (Å²) in [6.45, 7) is 2.10. The Balaban J connectivity index is 0.00000280. The predicted octanol–water partition coefficient (Wildman–Crippen LogP) is 2.00. The molecule has 2 heterocycles. The molecular formula is C18H27IN4O3S2. The van der Waals surface area contributed by atoms with Crippen LogP contribution >= 0.6 is 35.3 Å². The highest BCUT2D eigenvalue weighted by molar-refractivity contribution is 14.0. The zero-order chi connectivity index (χ0) is 19.4. The molecule has 1 fully saturated rings. The first-order chi connectivity index (χ1) is 12.9. The van der Waals surface area contributed by atoms with Crippen molar-refractivity contribution in [3.05, 3.63) is 35.2 Å². The van der Waals surface area contributed by atoms with Gasteiger partial charge in [-0.05, 0) is 29.9 Å². The number of nitrogens with one attached hydrogen (secondary N) is 2. The number of aliphatic imine (C=N–C) groups is 1. The number of halogens is 1. The van der Waals surface area contributed by atoms with Gasteiger partial charge in [0, 0.05) is 42.8 Å². The van der Waals surface area contributed by atoms with Gasteiger partial charge in [0.1, 0.15) is 6.10 Å². The van der Waals surface area contributed by atoms with Crippen LogP contribution < -0.4 is 10.6 Å². The van der Waals surface area contributed by atoms with Crippen LogP contribution in [0.4, 0.5) is 0 Å². The minimum Gasteiger partial charge on any atom is -0.386 e. The standard InChI is InChI=1S/C18H26N4O3S2.HI/c1-19-18(20-10-13-7-8-22(12-13)27(2,24)25)21-11-15(23)17-9-14-5-3-4-6-16(14)26-17;/h3-6,9,13,15,23H,7-8,10-12H2,1-2H3,(H2,19,20,21);1H. The first-order valence-corrected chi connectivity index (χ1v) is 11.6. The maximum Gasteiger partial charge on any atom is 0.211 e. The Morgan fingerprint density at radius 1 is 1.39 bits per heavy atom. The number of fused-ring (bicyclic) bond motifs is 1. The SMILES string of the molecule is CN=C(NCC1CCN(S(C)(=O)=O)C1)NCC(O)c1cc2ccccc2s1.I. The number of thiophene rings is 1. The Morgan fingerprint density at radius 2 is 2.14 bits per heavy atom. The average molecular weight is 538 g/mol. The summed E-state index contributed by atoms with van der Waals surface area (Å²) in [6, 6.07) is 10.1. The van der Waals surface area contributed by atoms with E-state index in [4.69, 9.17) is 0 Å². The second-order valence-electron chi connectivity index (χ2n) is 6.81. The Hall–Kier alpha value is -0.950. The molecule has 1 aliphatic heterocycles. The van der Waals surface area contributed by atoms with Crippen LogP contribution in [-0.4, -0.2) is 63.3 Å². The molecule has 28 heavy (non-hydrogen) atoms. The van der Waals surface area contributed by atoms with Gasteiger partial charge in [-0.1, -0.05) is 18.2 Å². The van der Waals surface area contributed by atoms with Crippen LogP contribution in [0.15, 0.2) is 35.3 Å². The highest BCUT2D eigenvalue weighted by Gasteiger charge is 2.28. The van der Waals surface area contributed by atoms with E-state index in [1.165, 1.54) is 10.6 Å². The Morgan fingerprint density at radius 3 is 2.79 bits per heavy atom. The van der Waals surface area contributed by atoms with Crippen molar-refractivity contribution >= 4 is 61.4 Å². The molecule has 3 rings (SSSR count). The quantitative estimate of drug-likeness (QED) is 0.297. The van der Waals surface area contributed by atoms with Crippen molar-refractivity contribution in [2.75, 3.05) is 39.5 Å². The second-order valence-corrected chi connectivity index (χ2v) is 9.91. The van der Waals surface area contributed by atoms with Crippen LogP contribution in [0.3, 0.4) is 0 Å². The Kier molecular flexibility index (Phi) is 8.49. The van der Waals surface area contributed by atoms with Crippen molar-refractivity contribution in [3.63, 3.8) is 0 Å². The van der Waals surface area contributed by atoms with Gasteiger partial charge in [-0.3, -0.25) is 4.99 Å². The van der Waals surface area contributed by atoms with Crippen molar-refractivity contribution < 1.29 is 13.5 Å². The normalized spacial score (nSPS) is 19.4. The van der Waals surface area contributed by atoms with Crippen molar-refractivity contribution in [2.24, 2.45) is 10.9 Å². The molecule has 7 nitrogen and oxygen atoms in total. The number of sulfonamides is 1. The van der Waals surface area contributed by atoms with Gasteiger partial charge < -0.3 is 15.7 Å². The lowest BCUT2D eigenvalue weighted by atomic mass is 10.1. The lowest BCUT2D eigenvalue weighted by Crippen LogP contribution is -2.41. The van der Waals surface area contributed by atoms with E-state index in [0.29, 0.717) is 32.1 Å². The van der Waals surface area contributed by atoms with Crippen LogP contribution in [0.5, 0.6) is 0 Å². The van der Waals surface area contributed by atoms with Crippen molar-refractivity contribution in [2.45, 2.75) is 12.5 Å². The van der Waals surface area contributed by atoms with E-state index in [-0.39, 0.29) is 29.9 Å². The van der Waals surface area contributed by atoms with Crippen molar-refractivity contribution in [3.8, 4) is 0 Å². The van der Waals surface area contributed by atoms with E-state index in [2.05, 4.69) is 15.6 Å². The van der Waals surface area contributed by atoms with Crippen LogP contribution in [0.25, 0.3) is 10.1 Å². The molecule has 2 atom stereocenters. The van der Waals surface area contributed by atoms with Crippen LogP contribution in [0, 0.1) is 5.92 Å². The molecule has 0 spiro atoms. The molecule has 1 aromatic heterocycles. The third kappa shape index (κ3) is 6.02. The number of aliphatic hydroxyl groups excluding tert-OH is 1. The van der Waals surface area contributed by atoms with Gasteiger partial charge in [-0.25, -0.2) is 12.7 Å². The van der Waals surface area contributed by atoms with Gasteiger partial charge in [0.05, 0.1) is 6.26 Å². The van der Waals surface area contributed by atoms with Gasteiger partial charge in [-0.15, -0.1) is 35.3 Å². The molecule has 1 saturated heterocycles. The molecule has 0 radical (unpaired) electrons. The number of benzene rings is 1. The predicted molar refractivity (Wildman–Crippen MR) is 126 cm³/mol. The van der Waals surface area contributed by atoms with Crippen LogP contribution in [-0.2, 0) is 10.0 Å². The lowest BCUT2D eigenvalue weighted by Gasteiger charge is -2.17. The zero-order valence-corrected chi connectivity index (χ0v) is 19.9. The summed E-state index contributed by atoms with van der Waals surface area (Å²) in [5.41, 5.74) is 0. The maximum absolute atomic E-state index is 11.6. The first-order valence-electron chi connectivity index (χ1n) is 8.93. The Labute approximate surface area is 187 Å². The topological polar surface area (TPSA) is 94.0 Å². The molecule has 1 aliphatic rings. The molecular weight excluding hydrogens is 511 g/mol. The molecule has 0 amide bonds. The fourth-order valence-electron chi connectivity index (χ4n) is 3.19. The van der Waals surface area contributed by atoms with E-state index in [9.17, 15) is 13.5 Å². The summed E-state index contributed by atoms with van der Waals surface area (Å²) in [7, 11) is -1.44. The van der Waals surface area contributed by atoms with Gasteiger partial charge in [0.15, 0.2) is 5.96 Å². The number of aliphatic hydroxyl groups is 1. The summed E-state index contributed by atoms with van der Waals surface area (Å²) in [6.07, 6.45) is 1.47. The first kappa shape index (κ1) is 23.3. The van der Waals surface area contributed by atoms with E-state index in [1.54, 1.807) is 18.4 Å². The van der Waals surface area contributed by atoms with Gasteiger partial charge in [0.2, 0.25) is 10.0 Å². The summed E-state index contributed by atoms with van der Waals surface area (Å²) in [5.74, 6) is 0.860. The van der Waals surface area contributed by atoms with Gasteiger partial charge in [0.25, 0.3) is 0 Å². The molecule has 0 bridgehead atoms. The Bertz CT molecular complexity index is 883. The molecule has 0 saturated carbocycles. The zero-order valence-electron chi connectivity index (χ0n) is 16.0. The molecule has 156 valence electrons. The molecule has 10 heteroatoms. The monoisotopic (exact) mass is 538 g/mol. The molecule has 0 aliphatic carbocycles. The largest absolute Gasteiger partial charge is 0.386 e. The number of rotatable bonds is 6. The molecule has 1 aromatic carbocycles.